The molecule has 0 aromatic heterocycles. The molecule has 8 heteroatoms. The Balaban J connectivity index is 0. The SMILES string of the molecule is C[CH2][Al]([CH2]C)[CH2]C.O=C(C(Cl)(Cl)Cl)C(Cl)(Cl)Cl. The Labute approximate surface area is 137 Å². The summed E-state index contributed by atoms with van der Waals surface area (Å²) in [4.78, 5) is 10.7. The number of Topliss-reactive ketones (excluding diaryl/α,β-unsaturated/α-hetero) is 1. The minimum Gasteiger partial charge on any atom is -0.290 e. The number of ketones is 1. The minimum atomic E-state index is -2.18. The van der Waals surface area contributed by atoms with E-state index in [-0.39, 0.29) is 14.1 Å². The molecule has 0 aliphatic carbocycles. The van der Waals surface area contributed by atoms with Crippen molar-refractivity contribution >= 4 is 89.5 Å². The number of halogens is 6. The van der Waals surface area contributed by atoms with Crippen LogP contribution in [-0.4, -0.2) is 27.5 Å². The van der Waals surface area contributed by atoms with Gasteiger partial charge in [0.25, 0.3) is 21.7 Å². The van der Waals surface area contributed by atoms with Crippen LogP contribution in [0.25, 0.3) is 0 Å². The van der Waals surface area contributed by atoms with E-state index in [1.165, 1.54) is 15.8 Å². The summed E-state index contributed by atoms with van der Waals surface area (Å²) >= 11 is 30.4. The molecule has 0 heterocycles. The molecule has 0 rings (SSSR count). The molecule has 0 radical (unpaired) electrons. The average molecular weight is 379 g/mol. The number of carbonyl (C=O) groups is 1. The van der Waals surface area contributed by atoms with Crippen molar-refractivity contribution in [1.29, 1.82) is 0 Å². The highest BCUT2D eigenvalue weighted by atomic mass is 35.6. The lowest BCUT2D eigenvalue weighted by atomic mass is 10.5. The van der Waals surface area contributed by atoms with Crippen LogP contribution >= 0.6 is 69.6 Å². The smallest absolute Gasteiger partial charge is 0.261 e. The maximum absolute atomic E-state index is 10.7. The summed E-state index contributed by atoms with van der Waals surface area (Å²) in [6.45, 7) is 6.97. The molecule has 0 N–H and O–H groups in total. The molecule has 0 aliphatic heterocycles. The second-order valence-electron chi connectivity index (χ2n) is 3.42. The molecule has 0 bridgehead atoms. The van der Waals surface area contributed by atoms with Crippen LogP contribution in [0.5, 0.6) is 0 Å². The molecule has 102 valence electrons. The number of hydrogen-bond donors (Lipinski definition) is 0. The van der Waals surface area contributed by atoms with Crippen LogP contribution in [0, 0.1) is 0 Å². The minimum absolute atomic E-state index is 0.171. The molecule has 1 nitrogen and oxygen atoms in total. The molecule has 0 fully saturated rings. The van der Waals surface area contributed by atoms with E-state index in [1.54, 1.807) is 0 Å². The van der Waals surface area contributed by atoms with Crippen molar-refractivity contribution in [2.45, 2.75) is 44.2 Å². The van der Waals surface area contributed by atoms with Gasteiger partial charge in [0.1, 0.15) is 0 Å². The third-order valence-electron chi connectivity index (χ3n) is 2.25. The highest BCUT2D eigenvalue weighted by molar-refractivity contribution is 6.86. The Morgan fingerprint density at radius 1 is 0.824 bits per heavy atom. The van der Waals surface area contributed by atoms with E-state index in [0.29, 0.717) is 0 Å². The first-order valence-electron chi connectivity index (χ1n) is 5.18. The van der Waals surface area contributed by atoms with Gasteiger partial charge in [-0.2, -0.15) is 0 Å². The zero-order chi connectivity index (χ0) is 14.3. The van der Waals surface area contributed by atoms with Gasteiger partial charge in [-0.15, -0.1) is 0 Å². The summed E-state index contributed by atoms with van der Waals surface area (Å²) in [7, 11) is 0. The predicted octanol–water partition coefficient (Wildman–Crippen LogP) is 5.84. The highest BCUT2D eigenvalue weighted by Crippen LogP contribution is 2.39. The quantitative estimate of drug-likeness (QED) is 0.445. The summed E-state index contributed by atoms with van der Waals surface area (Å²) in [5.41, 5.74) is 0. The van der Waals surface area contributed by atoms with E-state index in [0.717, 1.165) is 0 Å². The Bertz CT molecular complexity index is 197. The molecular formula is C9H15AlCl6O. The van der Waals surface area contributed by atoms with E-state index in [9.17, 15) is 4.79 Å². The number of rotatable bonds is 3. The van der Waals surface area contributed by atoms with E-state index in [1.807, 2.05) is 0 Å². The monoisotopic (exact) mass is 376 g/mol. The van der Waals surface area contributed by atoms with Crippen LogP contribution in [0.4, 0.5) is 0 Å². The maximum Gasteiger partial charge on any atom is 0.261 e. The van der Waals surface area contributed by atoms with E-state index < -0.39 is 13.4 Å². The van der Waals surface area contributed by atoms with Crippen molar-refractivity contribution in [3.8, 4) is 0 Å². The van der Waals surface area contributed by atoms with Gasteiger partial charge in [-0.1, -0.05) is 106 Å². The van der Waals surface area contributed by atoms with Gasteiger partial charge >= 0.3 is 0 Å². The number of hydrogen-bond acceptors (Lipinski definition) is 1. The lowest BCUT2D eigenvalue weighted by molar-refractivity contribution is -0.117. The molecule has 0 aromatic carbocycles. The zero-order valence-electron chi connectivity index (χ0n) is 9.87. The van der Waals surface area contributed by atoms with Gasteiger partial charge in [0.15, 0.2) is 0 Å². The summed E-state index contributed by atoms with van der Waals surface area (Å²) in [5, 5.41) is 4.48. The van der Waals surface area contributed by atoms with E-state index in [4.69, 9.17) is 69.6 Å². The van der Waals surface area contributed by atoms with Gasteiger partial charge in [-0.3, -0.25) is 4.79 Å². The van der Waals surface area contributed by atoms with Crippen LogP contribution < -0.4 is 0 Å². The van der Waals surface area contributed by atoms with Gasteiger partial charge in [-0.05, 0) is 0 Å². The van der Waals surface area contributed by atoms with Gasteiger partial charge < -0.3 is 0 Å². The van der Waals surface area contributed by atoms with Gasteiger partial charge in [0.05, 0.1) is 0 Å². The fourth-order valence-electron chi connectivity index (χ4n) is 1.03. The summed E-state index contributed by atoms with van der Waals surface area (Å²) in [5.74, 6) is -1.09. The molecule has 0 unspecified atom stereocenters. The van der Waals surface area contributed by atoms with Gasteiger partial charge in [-0.25, -0.2) is 0 Å². The molecule has 0 aromatic rings. The zero-order valence-corrected chi connectivity index (χ0v) is 15.6. The van der Waals surface area contributed by atoms with Gasteiger partial charge in [0.2, 0.25) is 5.78 Å². The molecule has 0 spiro atoms. The van der Waals surface area contributed by atoms with Crippen molar-refractivity contribution in [3.05, 3.63) is 0 Å². The molecule has 0 amide bonds. The largest absolute Gasteiger partial charge is 0.290 e. The molecule has 17 heavy (non-hydrogen) atoms. The van der Waals surface area contributed by atoms with Crippen LogP contribution in [0.1, 0.15) is 20.8 Å². The average Bonchev–Trinajstić information content (AvgIpc) is 2.17. The van der Waals surface area contributed by atoms with Crippen molar-refractivity contribution in [1.82, 2.24) is 0 Å². The standard InChI is InChI=1S/C3Cl6O.3C2H5.Al/c4-2(5,6)1(10)3(7,8)9;3*1-2;/h;3*1H2,2H3;. The van der Waals surface area contributed by atoms with Crippen molar-refractivity contribution in [2.75, 3.05) is 0 Å². The first kappa shape index (κ1) is 21.2. The third-order valence-corrected chi connectivity index (χ3v) is 6.74. The number of carbonyl (C=O) groups excluding carboxylic acids is 1. The lowest BCUT2D eigenvalue weighted by Gasteiger charge is -2.14. The van der Waals surface area contributed by atoms with Crippen LogP contribution in [0.3, 0.4) is 0 Å². The van der Waals surface area contributed by atoms with Crippen LogP contribution in [0.15, 0.2) is 0 Å². The van der Waals surface area contributed by atoms with Crippen molar-refractivity contribution < 1.29 is 4.79 Å². The first-order chi connectivity index (χ1) is 7.50. The second-order valence-corrected chi connectivity index (χ2v) is 12.2. The molecule has 0 aliphatic rings. The van der Waals surface area contributed by atoms with Crippen LogP contribution in [-0.2, 0) is 4.79 Å². The van der Waals surface area contributed by atoms with Crippen LogP contribution in [0.2, 0.25) is 15.8 Å². The molecular weight excluding hydrogens is 364 g/mol. The fraction of sp³-hybridized carbons (Fsp3) is 0.889. The van der Waals surface area contributed by atoms with Crippen molar-refractivity contribution in [2.24, 2.45) is 0 Å². The van der Waals surface area contributed by atoms with Gasteiger partial charge in [0, 0.05) is 0 Å². The molecule has 0 saturated heterocycles. The summed E-state index contributed by atoms with van der Waals surface area (Å²) in [6, 6.07) is 0. The summed E-state index contributed by atoms with van der Waals surface area (Å²) < 4.78 is -4.35. The third kappa shape index (κ3) is 11.5. The second kappa shape index (κ2) is 9.78. The maximum atomic E-state index is 10.7. The molecule has 0 atom stereocenters. The van der Waals surface area contributed by atoms with E-state index in [2.05, 4.69) is 20.8 Å². The van der Waals surface area contributed by atoms with E-state index >= 15 is 0 Å². The first-order valence-corrected chi connectivity index (χ1v) is 9.90. The fourth-order valence-corrected chi connectivity index (χ4v) is 4.04. The Hall–Kier alpha value is 1.94. The predicted molar refractivity (Wildman–Crippen MR) is 82.8 cm³/mol. The normalized spacial score (nSPS) is 11.6. The summed E-state index contributed by atoms with van der Waals surface area (Å²) in [6.07, 6.45) is 0. The topological polar surface area (TPSA) is 17.1 Å². The Kier molecular flexibility index (Phi) is 12.2. The number of alkyl halides is 6. The Morgan fingerprint density at radius 2 is 1.06 bits per heavy atom. The van der Waals surface area contributed by atoms with Crippen molar-refractivity contribution in [3.63, 3.8) is 0 Å². The Morgan fingerprint density at radius 3 is 1.06 bits per heavy atom. The molecule has 0 saturated carbocycles. The highest BCUT2D eigenvalue weighted by Gasteiger charge is 2.44. The lowest BCUT2D eigenvalue weighted by Crippen LogP contribution is -2.31.